The monoisotopic (exact) mass is 350 g/mol. The number of rotatable bonds is 2. The van der Waals surface area contributed by atoms with Gasteiger partial charge in [0.1, 0.15) is 17.1 Å². The van der Waals surface area contributed by atoms with Gasteiger partial charge in [-0.25, -0.2) is 9.78 Å². The van der Waals surface area contributed by atoms with Crippen LogP contribution in [0.1, 0.15) is 0 Å². The fraction of sp³-hybridized carbons (Fsp3) is 0.154. The molecule has 0 aliphatic heterocycles. The third-order valence-corrected chi connectivity index (χ3v) is 3.87. The number of imidazole rings is 1. The third-order valence-electron chi connectivity index (χ3n) is 3.18. The number of nitrogens with zero attached hydrogens (tertiary/aromatic N) is 2. The molecule has 8 heteroatoms. The Morgan fingerprint density at radius 3 is 2.76 bits per heavy atom. The lowest BCUT2D eigenvalue weighted by atomic mass is 10.2. The summed E-state index contributed by atoms with van der Waals surface area (Å²) < 4.78 is 7.26. The summed E-state index contributed by atoms with van der Waals surface area (Å²) in [6.07, 6.45) is 0. The van der Waals surface area contributed by atoms with Crippen LogP contribution in [0.5, 0.6) is 5.75 Å². The average Bonchev–Trinajstić information content (AvgIpc) is 2.91. The van der Waals surface area contributed by atoms with E-state index >= 15 is 0 Å². The molecule has 0 saturated carbocycles. The molecule has 108 valence electrons. The summed E-state index contributed by atoms with van der Waals surface area (Å²) in [5, 5.41) is 0. The maximum absolute atomic E-state index is 11.8. The zero-order valence-corrected chi connectivity index (χ0v) is 12.8. The first-order chi connectivity index (χ1) is 10.0. The average molecular weight is 351 g/mol. The highest BCUT2D eigenvalue weighted by Crippen LogP contribution is 2.30. The molecule has 7 nitrogen and oxygen atoms in total. The van der Waals surface area contributed by atoms with E-state index in [1.165, 1.54) is 4.57 Å². The third kappa shape index (κ3) is 2.17. The summed E-state index contributed by atoms with van der Waals surface area (Å²) in [6.45, 7) is 0. The van der Waals surface area contributed by atoms with Gasteiger partial charge in [0.15, 0.2) is 5.65 Å². The summed E-state index contributed by atoms with van der Waals surface area (Å²) in [5.74, 6) is 1.14. The summed E-state index contributed by atoms with van der Waals surface area (Å²) in [5.41, 5.74) is 0.286. The van der Waals surface area contributed by atoms with E-state index in [4.69, 9.17) is 4.74 Å². The highest BCUT2D eigenvalue weighted by atomic mass is 79.9. The van der Waals surface area contributed by atoms with Crippen LogP contribution >= 0.6 is 15.9 Å². The number of ether oxygens (including phenoxy) is 1. The Hall–Kier alpha value is -2.35. The van der Waals surface area contributed by atoms with Crippen molar-refractivity contribution in [3.63, 3.8) is 0 Å². The Kier molecular flexibility index (Phi) is 3.17. The highest BCUT2D eigenvalue weighted by molar-refractivity contribution is 9.10. The van der Waals surface area contributed by atoms with Gasteiger partial charge in [-0.15, -0.1) is 0 Å². The van der Waals surface area contributed by atoms with Crippen LogP contribution in [-0.4, -0.2) is 26.6 Å². The Balaban J connectivity index is 2.32. The number of H-pyrrole nitrogens is 2. The molecule has 0 unspecified atom stereocenters. The molecule has 3 rings (SSSR count). The highest BCUT2D eigenvalue weighted by Gasteiger charge is 2.14. The van der Waals surface area contributed by atoms with E-state index in [0.29, 0.717) is 17.2 Å². The van der Waals surface area contributed by atoms with Crippen molar-refractivity contribution in [1.82, 2.24) is 19.5 Å². The molecular formula is C13H11BrN4O3. The van der Waals surface area contributed by atoms with Gasteiger partial charge in [0.05, 0.1) is 7.11 Å². The van der Waals surface area contributed by atoms with Gasteiger partial charge in [-0.05, 0) is 18.2 Å². The number of aromatic amines is 2. The van der Waals surface area contributed by atoms with Gasteiger partial charge in [0, 0.05) is 17.1 Å². The molecule has 0 fully saturated rings. The molecule has 0 aliphatic rings. The number of hydrogen-bond donors (Lipinski definition) is 2. The fourth-order valence-corrected chi connectivity index (χ4v) is 2.48. The second-order valence-corrected chi connectivity index (χ2v) is 5.30. The van der Waals surface area contributed by atoms with E-state index in [-0.39, 0.29) is 5.52 Å². The van der Waals surface area contributed by atoms with Crippen LogP contribution < -0.4 is 16.0 Å². The molecular weight excluding hydrogens is 340 g/mol. The molecule has 0 aliphatic carbocycles. The first-order valence-electron chi connectivity index (χ1n) is 6.04. The zero-order valence-electron chi connectivity index (χ0n) is 11.2. The molecule has 0 amide bonds. The quantitative estimate of drug-likeness (QED) is 0.730. The minimum Gasteiger partial charge on any atom is -0.497 e. The van der Waals surface area contributed by atoms with E-state index in [1.54, 1.807) is 26.3 Å². The van der Waals surface area contributed by atoms with Crippen LogP contribution in [0.25, 0.3) is 22.6 Å². The van der Waals surface area contributed by atoms with Crippen molar-refractivity contribution in [2.45, 2.75) is 0 Å². The van der Waals surface area contributed by atoms with Crippen LogP contribution in [0.3, 0.4) is 0 Å². The summed E-state index contributed by atoms with van der Waals surface area (Å²) >= 11 is 3.44. The van der Waals surface area contributed by atoms with E-state index in [1.807, 2.05) is 6.07 Å². The fourth-order valence-electron chi connectivity index (χ4n) is 2.05. The zero-order chi connectivity index (χ0) is 15.1. The normalized spacial score (nSPS) is 11.0. The molecule has 2 N–H and O–H groups in total. The van der Waals surface area contributed by atoms with Crippen molar-refractivity contribution in [2.75, 3.05) is 7.11 Å². The van der Waals surface area contributed by atoms with Crippen molar-refractivity contribution in [2.24, 2.45) is 7.05 Å². The first-order valence-corrected chi connectivity index (χ1v) is 6.83. The molecule has 0 atom stereocenters. The van der Waals surface area contributed by atoms with Gasteiger partial charge in [0.25, 0.3) is 5.56 Å². The maximum atomic E-state index is 11.8. The van der Waals surface area contributed by atoms with Crippen molar-refractivity contribution in [3.8, 4) is 17.1 Å². The second-order valence-electron chi connectivity index (χ2n) is 4.45. The van der Waals surface area contributed by atoms with Crippen molar-refractivity contribution < 1.29 is 4.74 Å². The summed E-state index contributed by atoms with van der Waals surface area (Å²) in [7, 11) is 3.12. The Morgan fingerprint density at radius 2 is 2.05 bits per heavy atom. The Morgan fingerprint density at radius 1 is 1.29 bits per heavy atom. The maximum Gasteiger partial charge on any atom is 0.329 e. The van der Waals surface area contributed by atoms with Crippen LogP contribution in [0, 0.1) is 0 Å². The number of nitrogens with one attached hydrogen (secondary N) is 2. The lowest BCUT2D eigenvalue weighted by Gasteiger charge is -2.04. The lowest BCUT2D eigenvalue weighted by Crippen LogP contribution is -2.28. The first kappa shape index (κ1) is 13.6. The minimum atomic E-state index is -0.504. The Labute approximate surface area is 126 Å². The minimum absolute atomic E-state index is 0.252. The number of fused-ring (bicyclic) bond motifs is 1. The van der Waals surface area contributed by atoms with E-state index in [2.05, 4.69) is 30.9 Å². The molecule has 2 aromatic heterocycles. The van der Waals surface area contributed by atoms with Crippen molar-refractivity contribution >= 4 is 27.1 Å². The lowest BCUT2D eigenvalue weighted by molar-refractivity contribution is 0.415. The number of benzene rings is 1. The smallest absolute Gasteiger partial charge is 0.329 e. The largest absolute Gasteiger partial charge is 0.497 e. The number of aryl methyl sites for hydroxylation is 1. The molecule has 0 spiro atoms. The van der Waals surface area contributed by atoms with Gasteiger partial charge in [-0.2, -0.15) is 0 Å². The molecule has 1 aromatic carbocycles. The van der Waals surface area contributed by atoms with E-state index < -0.39 is 11.2 Å². The van der Waals surface area contributed by atoms with Crippen LogP contribution in [-0.2, 0) is 7.05 Å². The summed E-state index contributed by atoms with van der Waals surface area (Å²) in [6, 6.07) is 5.41. The molecule has 0 saturated heterocycles. The van der Waals surface area contributed by atoms with Gasteiger partial charge >= 0.3 is 5.69 Å². The van der Waals surface area contributed by atoms with Crippen molar-refractivity contribution in [1.29, 1.82) is 0 Å². The van der Waals surface area contributed by atoms with Gasteiger partial charge in [0.2, 0.25) is 0 Å². The topological polar surface area (TPSA) is 92.8 Å². The number of aromatic nitrogens is 4. The standard InChI is InChI=1S/C13H11BrN4O3/c1-18-11-9(12(19)17-13(18)20)15-10(16-11)7-5-6(21-2)3-4-8(7)14/h3-5H,1-2H3,(H,15,16)(H,17,19,20). The SMILES string of the molecule is COc1ccc(Br)c(-c2nc3c([nH]2)c(=O)[nH]c(=O)n3C)c1. The Bertz CT molecular complexity index is 954. The number of hydrogen-bond acceptors (Lipinski definition) is 4. The predicted molar refractivity (Wildman–Crippen MR) is 81.6 cm³/mol. The van der Waals surface area contributed by atoms with Crippen LogP contribution in [0.4, 0.5) is 0 Å². The van der Waals surface area contributed by atoms with E-state index in [9.17, 15) is 9.59 Å². The van der Waals surface area contributed by atoms with Crippen LogP contribution in [0.2, 0.25) is 0 Å². The van der Waals surface area contributed by atoms with Gasteiger partial charge in [-0.3, -0.25) is 14.3 Å². The molecule has 0 bridgehead atoms. The van der Waals surface area contributed by atoms with Gasteiger partial charge < -0.3 is 9.72 Å². The molecule has 0 radical (unpaired) electrons. The van der Waals surface area contributed by atoms with E-state index in [0.717, 1.165) is 10.0 Å². The van der Waals surface area contributed by atoms with Gasteiger partial charge in [-0.1, -0.05) is 15.9 Å². The summed E-state index contributed by atoms with van der Waals surface area (Å²) in [4.78, 5) is 32.9. The second kappa shape index (κ2) is 4.88. The van der Waals surface area contributed by atoms with Crippen LogP contribution in [0.15, 0.2) is 32.3 Å². The van der Waals surface area contributed by atoms with Crippen molar-refractivity contribution in [3.05, 3.63) is 43.5 Å². The molecule has 2 heterocycles. The number of halogens is 1. The predicted octanol–water partition coefficient (Wildman–Crippen LogP) is 1.39. The molecule has 3 aromatic rings. The number of methoxy groups -OCH3 is 1. The molecule has 21 heavy (non-hydrogen) atoms.